The molecule has 0 aromatic carbocycles. The van der Waals surface area contributed by atoms with Gasteiger partial charge in [-0.3, -0.25) is 4.79 Å². The summed E-state index contributed by atoms with van der Waals surface area (Å²) in [7, 11) is -3.34. The molecule has 6 heteroatoms. The van der Waals surface area contributed by atoms with Crippen molar-refractivity contribution in [3.8, 4) is 0 Å². The Bertz CT molecular complexity index is 402. The summed E-state index contributed by atoms with van der Waals surface area (Å²) < 4.78 is 24.7. The molecular weight excluding hydrogens is 228 g/mol. The highest BCUT2D eigenvalue weighted by molar-refractivity contribution is 7.88. The van der Waals surface area contributed by atoms with Gasteiger partial charge in [0.15, 0.2) is 0 Å². The molecule has 1 aliphatic heterocycles. The third-order valence-electron chi connectivity index (χ3n) is 3.61. The van der Waals surface area contributed by atoms with Crippen LogP contribution in [0.2, 0.25) is 0 Å². The van der Waals surface area contributed by atoms with Crippen LogP contribution < -0.4 is 5.73 Å². The minimum absolute atomic E-state index is 0.425. The van der Waals surface area contributed by atoms with E-state index in [0.717, 1.165) is 25.5 Å². The molecule has 5 nitrogen and oxygen atoms in total. The summed E-state index contributed by atoms with van der Waals surface area (Å²) in [6, 6.07) is 0. The summed E-state index contributed by atoms with van der Waals surface area (Å²) in [6.45, 7) is 0.425. The van der Waals surface area contributed by atoms with Crippen LogP contribution in [0, 0.1) is 5.92 Å². The standard InChI is InChI=1S/C10H18N2O3S/c1-16(14,15)12-6-2-5-10(12,9(11)13)7-8-3-4-8/h8H,2-7H2,1H3,(H2,11,13)/t10-/m1/s1. The Balaban J connectivity index is 2.32. The molecule has 2 N–H and O–H groups in total. The van der Waals surface area contributed by atoms with Crippen molar-refractivity contribution in [2.45, 2.75) is 37.6 Å². The van der Waals surface area contributed by atoms with E-state index in [4.69, 9.17) is 5.73 Å². The van der Waals surface area contributed by atoms with E-state index >= 15 is 0 Å². The number of sulfonamides is 1. The van der Waals surface area contributed by atoms with Gasteiger partial charge in [0.05, 0.1) is 6.26 Å². The van der Waals surface area contributed by atoms with Gasteiger partial charge in [0.2, 0.25) is 15.9 Å². The molecule has 16 heavy (non-hydrogen) atoms. The molecule has 0 bridgehead atoms. The summed E-state index contributed by atoms with van der Waals surface area (Å²) in [5.74, 6) is -0.00262. The van der Waals surface area contributed by atoms with Crippen molar-refractivity contribution in [3.63, 3.8) is 0 Å². The predicted molar refractivity (Wildman–Crippen MR) is 60.1 cm³/mol. The van der Waals surface area contributed by atoms with Crippen LogP contribution in [0.15, 0.2) is 0 Å². The number of rotatable bonds is 4. The smallest absolute Gasteiger partial charge is 0.239 e. The molecule has 2 aliphatic rings. The van der Waals surface area contributed by atoms with Crippen LogP contribution in [0.5, 0.6) is 0 Å². The fraction of sp³-hybridized carbons (Fsp3) is 0.900. The van der Waals surface area contributed by atoms with E-state index in [9.17, 15) is 13.2 Å². The first kappa shape index (κ1) is 11.9. The molecule has 1 amide bonds. The third kappa shape index (κ3) is 1.96. The van der Waals surface area contributed by atoms with Crippen LogP contribution in [-0.2, 0) is 14.8 Å². The maximum Gasteiger partial charge on any atom is 0.239 e. The number of hydrogen-bond donors (Lipinski definition) is 1. The van der Waals surface area contributed by atoms with E-state index in [1.165, 1.54) is 4.31 Å². The quantitative estimate of drug-likeness (QED) is 0.762. The van der Waals surface area contributed by atoms with Crippen LogP contribution in [-0.4, -0.2) is 37.0 Å². The molecule has 1 heterocycles. The minimum atomic E-state index is -3.34. The lowest BCUT2D eigenvalue weighted by atomic mass is 9.90. The highest BCUT2D eigenvalue weighted by Gasteiger charge is 2.52. The van der Waals surface area contributed by atoms with E-state index in [1.807, 2.05) is 0 Å². The van der Waals surface area contributed by atoms with Crippen molar-refractivity contribution in [3.05, 3.63) is 0 Å². The Morgan fingerprint density at radius 3 is 2.56 bits per heavy atom. The number of amides is 1. The number of carbonyl (C=O) groups excluding carboxylic acids is 1. The molecule has 0 aromatic heterocycles. The second-order valence-electron chi connectivity index (χ2n) is 4.98. The van der Waals surface area contributed by atoms with Crippen molar-refractivity contribution in [1.29, 1.82) is 0 Å². The fourth-order valence-electron chi connectivity index (χ4n) is 2.69. The number of carbonyl (C=O) groups is 1. The van der Waals surface area contributed by atoms with Crippen molar-refractivity contribution in [2.24, 2.45) is 11.7 Å². The highest BCUT2D eigenvalue weighted by Crippen LogP contribution is 2.44. The maximum atomic E-state index is 11.7. The molecule has 1 aliphatic carbocycles. The first-order valence-electron chi connectivity index (χ1n) is 5.64. The van der Waals surface area contributed by atoms with Gasteiger partial charge >= 0.3 is 0 Å². The van der Waals surface area contributed by atoms with Gasteiger partial charge in [-0.05, 0) is 25.2 Å². The molecule has 92 valence electrons. The Hall–Kier alpha value is -0.620. The third-order valence-corrected chi connectivity index (χ3v) is 4.94. The van der Waals surface area contributed by atoms with E-state index in [2.05, 4.69) is 0 Å². The van der Waals surface area contributed by atoms with E-state index in [0.29, 0.717) is 25.3 Å². The predicted octanol–water partition coefficient (Wildman–Crippen LogP) is 0.0660. The molecule has 0 unspecified atom stereocenters. The molecule has 0 spiro atoms. The molecule has 0 aromatic rings. The Labute approximate surface area is 96.0 Å². The molecule has 0 radical (unpaired) electrons. The van der Waals surface area contributed by atoms with Gasteiger partial charge in [0.1, 0.15) is 5.54 Å². The van der Waals surface area contributed by atoms with Crippen molar-refractivity contribution in [2.75, 3.05) is 12.8 Å². The zero-order valence-corrected chi connectivity index (χ0v) is 10.3. The normalized spacial score (nSPS) is 31.8. The monoisotopic (exact) mass is 246 g/mol. The van der Waals surface area contributed by atoms with Gasteiger partial charge in [0, 0.05) is 6.54 Å². The van der Waals surface area contributed by atoms with E-state index < -0.39 is 21.5 Å². The van der Waals surface area contributed by atoms with Crippen LogP contribution in [0.1, 0.15) is 32.1 Å². The van der Waals surface area contributed by atoms with Crippen molar-refractivity contribution < 1.29 is 13.2 Å². The summed E-state index contributed by atoms with van der Waals surface area (Å²) >= 11 is 0. The second-order valence-corrected chi connectivity index (χ2v) is 6.89. The zero-order valence-electron chi connectivity index (χ0n) is 9.48. The van der Waals surface area contributed by atoms with Gasteiger partial charge in [-0.2, -0.15) is 4.31 Å². The molecular formula is C10H18N2O3S. The second kappa shape index (κ2) is 3.70. The van der Waals surface area contributed by atoms with E-state index in [-0.39, 0.29) is 0 Å². The molecule has 1 saturated heterocycles. The average Bonchev–Trinajstić information content (AvgIpc) is 2.80. The van der Waals surface area contributed by atoms with Gasteiger partial charge in [-0.15, -0.1) is 0 Å². The van der Waals surface area contributed by atoms with Crippen LogP contribution in [0.4, 0.5) is 0 Å². The SMILES string of the molecule is CS(=O)(=O)N1CCC[C@@]1(CC1CC1)C(N)=O. The zero-order chi connectivity index (χ0) is 12.0. The van der Waals surface area contributed by atoms with Crippen molar-refractivity contribution >= 4 is 15.9 Å². The number of hydrogen-bond acceptors (Lipinski definition) is 3. The maximum absolute atomic E-state index is 11.7. The van der Waals surface area contributed by atoms with Gasteiger partial charge in [-0.1, -0.05) is 12.8 Å². The largest absolute Gasteiger partial charge is 0.368 e. The molecule has 1 saturated carbocycles. The fourth-order valence-corrected chi connectivity index (χ4v) is 4.04. The number of nitrogens with two attached hydrogens (primary N) is 1. The van der Waals surface area contributed by atoms with E-state index in [1.54, 1.807) is 0 Å². The lowest BCUT2D eigenvalue weighted by molar-refractivity contribution is -0.126. The molecule has 2 fully saturated rings. The van der Waals surface area contributed by atoms with Gasteiger partial charge in [0.25, 0.3) is 0 Å². The van der Waals surface area contributed by atoms with Gasteiger partial charge in [-0.25, -0.2) is 8.42 Å². The van der Waals surface area contributed by atoms with Crippen LogP contribution in [0.3, 0.4) is 0 Å². The Morgan fingerprint density at radius 2 is 2.12 bits per heavy atom. The number of primary amides is 1. The van der Waals surface area contributed by atoms with Crippen LogP contribution >= 0.6 is 0 Å². The highest BCUT2D eigenvalue weighted by atomic mass is 32.2. The number of nitrogens with zero attached hydrogens (tertiary/aromatic N) is 1. The lowest BCUT2D eigenvalue weighted by Crippen LogP contribution is -2.55. The first-order chi connectivity index (χ1) is 7.36. The molecule has 2 rings (SSSR count). The average molecular weight is 246 g/mol. The Morgan fingerprint density at radius 1 is 1.50 bits per heavy atom. The van der Waals surface area contributed by atoms with Gasteiger partial charge < -0.3 is 5.73 Å². The van der Waals surface area contributed by atoms with Crippen molar-refractivity contribution in [1.82, 2.24) is 4.31 Å². The summed E-state index contributed by atoms with van der Waals surface area (Å²) in [6.07, 6.45) is 5.24. The first-order valence-corrected chi connectivity index (χ1v) is 7.49. The summed E-state index contributed by atoms with van der Waals surface area (Å²) in [4.78, 5) is 11.7. The van der Waals surface area contributed by atoms with Crippen LogP contribution in [0.25, 0.3) is 0 Å². The summed E-state index contributed by atoms with van der Waals surface area (Å²) in [5, 5.41) is 0. The topological polar surface area (TPSA) is 80.5 Å². The lowest BCUT2D eigenvalue weighted by Gasteiger charge is -2.34. The minimum Gasteiger partial charge on any atom is -0.368 e. The molecule has 1 atom stereocenters. The Kier molecular flexibility index (Phi) is 2.74. The summed E-state index contributed by atoms with van der Waals surface area (Å²) in [5.41, 5.74) is 4.52.